The Morgan fingerprint density at radius 1 is 1.28 bits per heavy atom. The summed E-state index contributed by atoms with van der Waals surface area (Å²) in [5.41, 5.74) is 0.589. The molecule has 0 atom stereocenters. The van der Waals surface area contributed by atoms with E-state index in [1.54, 1.807) is 31.4 Å². The number of hydrogen-bond acceptors (Lipinski definition) is 4. The van der Waals surface area contributed by atoms with Gasteiger partial charge in [0.2, 0.25) is 0 Å². The summed E-state index contributed by atoms with van der Waals surface area (Å²) in [5.74, 6) is 0.672. The van der Waals surface area contributed by atoms with Crippen molar-refractivity contribution in [2.45, 2.75) is 13.3 Å². The smallest absolute Gasteiger partial charge is 0.186 e. The molecule has 0 saturated heterocycles. The Morgan fingerprint density at radius 3 is 2.33 bits per heavy atom. The number of allylic oxidation sites excluding steroid dienone is 2. The minimum atomic E-state index is -0.0942. The van der Waals surface area contributed by atoms with Crippen molar-refractivity contribution in [1.29, 1.82) is 0 Å². The van der Waals surface area contributed by atoms with Crippen LogP contribution >= 0.6 is 11.8 Å². The molecule has 0 amide bonds. The van der Waals surface area contributed by atoms with E-state index in [1.807, 2.05) is 6.26 Å². The molecule has 0 fully saturated rings. The predicted octanol–water partition coefficient (Wildman–Crippen LogP) is 3.10. The molecule has 0 heterocycles. The maximum atomic E-state index is 12.0. The van der Waals surface area contributed by atoms with Gasteiger partial charge in [-0.05, 0) is 48.4 Å². The number of methoxy groups -OCH3 is 1. The van der Waals surface area contributed by atoms with E-state index in [-0.39, 0.29) is 11.6 Å². The lowest BCUT2D eigenvalue weighted by molar-refractivity contribution is -0.116. The van der Waals surface area contributed by atoms with E-state index in [9.17, 15) is 9.59 Å². The predicted molar refractivity (Wildman–Crippen MR) is 74.2 cm³/mol. The van der Waals surface area contributed by atoms with Crippen LogP contribution in [0.25, 0.3) is 0 Å². The highest BCUT2D eigenvalue weighted by Gasteiger charge is 2.06. The van der Waals surface area contributed by atoms with E-state index >= 15 is 0 Å². The molecule has 18 heavy (non-hydrogen) atoms. The van der Waals surface area contributed by atoms with Crippen molar-refractivity contribution >= 4 is 23.3 Å². The Morgan fingerprint density at radius 2 is 1.89 bits per heavy atom. The number of thioether (sulfide) groups is 1. The third-order valence-corrected chi connectivity index (χ3v) is 3.14. The van der Waals surface area contributed by atoms with Gasteiger partial charge in [0.05, 0.1) is 7.11 Å². The second-order valence-corrected chi connectivity index (χ2v) is 4.72. The zero-order valence-corrected chi connectivity index (χ0v) is 11.5. The van der Waals surface area contributed by atoms with Crippen molar-refractivity contribution in [3.05, 3.63) is 40.8 Å². The Kier molecular flexibility index (Phi) is 5.65. The summed E-state index contributed by atoms with van der Waals surface area (Å²) in [6, 6.07) is 6.91. The van der Waals surface area contributed by atoms with Gasteiger partial charge in [-0.3, -0.25) is 9.59 Å². The van der Waals surface area contributed by atoms with Gasteiger partial charge in [-0.15, -0.1) is 11.8 Å². The largest absolute Gasteiger partial charge is 0.497 e. The summed E-state index contributed by atoms with van der Waals surface area (Å²) in [7, 11) is 1.58. The zero-order valence-electron chi connectivity index (χ0n) is 10.7. The quantitative estimate of drug-likeness (QED) is 0.585. The molecule has 1 aromatic carbocycles. The molecule has 0 unspecified atom stereocenters. The Bertz CT molecular complexity index is 460. The molecular weight excluding hydrogens is 248 g/mol. The van der Waals surface area contributed by atoms with Crippen molar-refractivity contribution in [2.75, 3.05) is 13.4 Å². The third-order valence-electron chi connectivity index (χ3n) is 2.35. The summed E-state index contributed by atoms with van der Waals surface area (Å²) in [5, 5.41) is 0. The van der Waals surface area contributed by atoms with E-state index in [0.717, 1.165) is 4.91 Å². The standard InChI is InChI=1S/C14H16O3S/c1-10(15)8-13(18-3)9-14(16)11-4-6-12(17-2)7-5-11/h4-7,9H,8H2,1-3H3. The number of Topliss-reactive ketones (excluding diaryl/α,β-unsaturated/α-hetero) is 1. The van der Waals surface area contributed by atoms with Gasteiger partial charge in [-0.25, -0.2) is 0 Å². The summed E-state index contributed by atoms with van der Waals surface area (Å²) in [6.07, 6.45) is 3.69. The van der Waals surface area contributed by atoms with Crippen molar-refractivity contribution in [1.82, 2.24) is 0 Å². The van der Waals surface area contributed by atoms with Crippen LogP contribution in [0.15, 0.2) is 35.2 Å². The van der Waals surface area contributed by atoms with Crippen molar-refractivity contribution in [3.63, 3.8) is 0 Å². The lowest BCUT2D eigenvalue weighted by Gasteiger charge is -2.02. The van der Waals surface area contributed by atoms with Crippen LogP contribution in [-0.4, -0.2) is 24.9 Å². The molecule has 0 bridgehead atoms. The van der Waals surface area contributed by atoms with Crippen LogP contribution in [0.4, 0.5) is 0 Å². The number of benzene rings is 1. The Labute approximate surface area is 111 Å². The van der Waals surface area contributed by atoms with Crippen LogP contribution < -0.4 is 4.74 Å². The average Bonchev–Trinajstić information content (AvgIpc) is 2.37. The van der Waals surface area contributed by atoms with Gasteiger partial charge < -0.3 is 4.74 Å². The van der Waals surface area contributed by atoms with E-state index in [0.29, 0.717) is 17.7 Å². The van der Waals surface area contributed by atoms with Crippen LogP contribution in [0.3, 0.4) is 0 Å². The van der Waals surface area contributed by atoms with Crippen LogP contribution in [-0.2, 0) is 4.79 Å². The second-order valence-electron chi connectivity index (χ2n) is 3.79. The Hall–Kier alpha value is -1.55. The maximum Gasteiger partial charge on any atom is 0.186 e. The molecule has 0 saturated carbocycles. The maximum absolute atomic E-state index is 12.0. The van der Waals surface area contributed by atoms with Crippen LogP contribution in [0, 0.1) is 0 Å². The molecule has 0 aromatic heterocycles. The normalized spacial score (nSPS) is 11.2. The summed E-state index contributed by atoms with van der Waals surface area (Å²) in [6.45, 7) is 1.52. The van der Waals surface area contributed by atoms with Crippen molar-refractivity contribution in [2.24, 2.45) is 0 Å². The van der Waals surface area contributed by atoms with Gasteiger partial charge in [0, 0.05) is 12.0 Å². The van der Waals surface area contributed by atoms with Crippen LogP contribution in [0.5, 0.6) is 5.75 Å². The Balaban J connectivity index is 2.84. The number of carbonyl (C=O) groups excluding carboxylic acids is 2. The van der Waals surface area contributed by atoms with Gasteiger partial charge in [-0.2, -0.15) is 0 Å². The fourth-order valence-electron chi connectivity index (χ4n) is 1.41. The van der Waals surface area contributed by atoms with Crippen LogP contribution in [0.1, 0.15) is 23.7 Å². The highest BCUT2D eigenvalue weighted by molar-refractivity contribution is 8.02. The monoisotopic (exact) mass is 264 g/mol. The lowest BCUT2D eigenvalue weighted by Crippen LogP contribution is -1.98. The van der Waals surface area contributed by atoms with E-state index in [4.69, 9.17) is 4.74 Å². The zero-order chi connectivity index (χ0) is 13.5. The highest BCUT2D eigenvalue weighted by atomic mass is 32.2. The van der Waals surface area contributed by atoms with Crippen molar-refractivity contribution in [3.8, 4) is 5.75 Å². The second kappa shape index (κ2) is 7.01. The number of ether oxygens (including phenoxy) is 1. The molecule has 1 aromatic rings. The fourth-order valence-corrected chi connectivity index (χ4v) is 1.98. The van der Waals surface area contributed by atoms with Gasteiger partial charge in [0.25, 0.3) is 0 Å². The van der Waals surface area contributed by atoms with Crippen LogP contribution in [0.2, 0.25) is 0 Å². The van der Waals surface area contributed by atoms with E-state index in [2.05, 4.69) is 0 Å². The molecule has 0 radical (unpaired) electrons. The first kappa shape index (κ1) is 14.5. The molecule has 0 aliphatic rings. The first-order valence-corrected chi connectivity index (χ1v) is 6.71. The summed E-state index contributed by atoms with van der Waals surface area (Å²) < 4.78 is 5.03. The molecule has 96 valence electrons. The summed E-state index contributed by atoms with van der Waals surface area (Å²) >= 11 is 1.42. The van der Waals surface area contributed by atoms with E-state index < -0.39 is 0 Å². The minimum Gasteiger partial charge on any atom is -0.497 e. The van der Waals surface area contributed by atoms with E-state index in [1.165, 1.54) is 24.8 Å². The van der Waals surface area contributed by atoms with Gasteiger partial charge in [0.15, 0.2) is 5.78 Å². The lowest BCUT2D eigenvalue weighted by atomic mass is 10.1. The third kappa shape index (κ3) is 4.37. The molecule has 0 aliphatic heterocycles. The molecule has 0 aliphatic carbocycles. The minimum absolute atomic E-state index is 0.0538. The molecule has 4 heteroatoms. The number of rotatable bonds is 6. The van der Waals surface area contributed by atoms with Gasteiger partial charge in [0.1, 0.15) is 11.5 Å². The van der Waals surface area contributed by atoms with Gasteiger partial charge in [-0.1, -0.05) is 0 Å². The highest BCUT2D eigenvalue weighted by Crippen LogP contribution is 2.18. The first-order chi connectivity index (χ1) is 8.56. The van der Waals surface area contributed by atoms with Crippen molar-refractivity contribution < 1.29 is 14.3 Å². The fraction of sp³-hybridized carbons (Fsp3) is 0.286. The SMILES string of the molecule is COc1ccc(C(=O)C=C(CC(C)=O)SC)cc1. The summed E-state index contributed by atoms with van der Waals surface area (Å²) in [4.78, 5) is 23.8. The molecule has 0 N–H and O–H groups in total. The number of carbonyl (C=O) groups is 2. The average molecular weight is 264 g/mol. The molecule has 1 rings (SSSR count). The topological polar surface area (TPSA) is 43.4 Å². The first-order valence-electron chi connectivity index (χ1n) is 5.49. The van der Waals surface area contributed by atoms with Gasteiger partial charge >= 0.3 is 0 Å². The molecule has 3 nitrogen and oxygen atoms in total. The molecule has 0 spiro atoms. The number of ketones is 2. The number of hydrogen-bond donors (Lipinski definition) is 0. The molecular formula is C14H16O3S.